The lowest BCUT2D eigenvalue weighted by Gasteiger charge is -2.10. The fourth-order valence-corrected chi connectivity index (χ4v) is 2.72. The third kappa shape index (κ3) is 6.31. The number of ketones is 1. The molecule has 140 valence electrons. The van der Waals surface area contributed by atoms with Crippen molar-refractivity contribution in [3.63, 3.8) is 0 Å². The van der Waals surface area contributed by atoms with E-state index < -0.39 is 0 Å². The van der Waals surface area contributed by atoms with E-state index in [1.165, 1.54) is 0 Å². The summed E-state index contributed by atoms with van der Waals surface area (Å²) in [6.45, 7) is 5.71. The zero-order chi connectivity index (χ0) is 19.6. The second kappa shape index (κ2) is 10.6. The minimum atomic E-state index is -0.193. The van der Waals surface area contributed by atoms with Crippen molar-refractivity contribution in [3.8, 4) is 5.75 Å². The second-order valence-corrected chi connectivity index (χ2v) is 6.91. The summed E-state index contributed by atoms with van der Waals surface area (Å²) in [5, 5.41) is 0. The minimum absolute atomic E-state index is 0.193. The molecular weight excluding hydrogens is 406 g/mol. The molecule has 0 bridgehead atoms. The first-order valence-corrected chi connectivity index (χ1v) is 9.31. The molecule has 2 aromatic rings. The second-order valence-electron chi connectivity index (χ2n) is 6.00. The fraction of sp³-hybridized carbons (Fsp3) is 0.182. The topological polar surface area (TPSA) is 46.6 Å². The molecule has 0 N–H and O–H groups in total. The van der Waals surface area contributed by atoms with E-state index in [-0.39, 0.29) is 5.78 Å². The summed E-state index contributed by atoms with van der Waals surface area (Å²) < 4.78 is 6.54. The van der Waals surface area contributed by atoms with Crippen LogP contribution in [0.1, 0.15) is 26.3 Å². The average Bonchev–Trinajstić information content (AvgIpc) is 2.68. The van der Waals surface area contributed by atoms with Gasteiger partial charge in [-0.15, -0.1) is 6.58 Å². The van der Waals surface area contributed by atoms with Crippen molar-refractivity contribution in [2.75, 3.05) is 26.7 Å². The molecule has 0 amide bonds. The highest BCUT2D eigenvalue weighted by molar-refractivity contribution is 9.10. The van der Waals surface area contributed by atoms with E-state index in [0.717, 1.165) is 17.6 Å². The lowest BCUT2D eigenvalue weighted by molar-refractivity contribution is 0.102. The first kappa shape index (κ1) is 20.8. The predicted octanol–water partition coefficient (Wildman–Crippen LogP) is 4.55. The molecule has 0 unspecified atom stereocenters. The quantitative estimate of drug-likeness (QED) is 0.317. The minimum Gasteiger partial charge on any atom is -0.490 e. The Kier molecular flexibility index (Phi) is 8.17. The standard InChI is InChI=1S/C22H22BrNO3/c1-3-12-24(2)13-4-5-14-27-20-10-11-21(18(15-20)16-25)22(26)17-6-8-19(23)9-7-17/h3-11,15-16H,1,12-14H2,2H3. The van der Waals surface area contributed by atoms with Crippen molar-refractivity contribution in [3.05, 3.63) is 88.4 Å². The van der Waals surface area contributed by atoms with Crippen LogP contribution in [0.15, 0.2) is 71.7 Å². The van der Waals surface area contributed by atoms with Gasteiger partial charge in [0.05, 0.1) is 0 Å². The Morgan fingerprint density at radius 2 is 1.89 bits per heavy atom. The van der Waals surface area contributed by atoms with E-state index in [2.05, 4.69) is 27.4 Å². The van der Waals surface area contributed by atoms with Gasteiger partial charge in [0.15, 0.2) is 12.1 Å². The molecule has 0 saturated carbocycles. The molecule has 0 aliphatic carbocycles. The molecule has 0 atom stereocenters. The molecule has 0 aromatic heterocycles. The largest absolute Gasteiger partial charge is 0.490 e. The molecule has 2 rings (SSSR count). The van der Waals surface area contributed by atoms with Gasteiger partial charge in [0.1, 0.15) is 12.4 Å². The number of hydrogen-bond acceptors (Lipinski definition) is 4. The maximum atomic E-state index is 12.6. The van der Waals surface area contributed by atoms with Crippen LogP contribution in [0.3, 0.4) is 0 Å². The van der Waals surface area contributed by atoms with Gasteiger partial charge in [0.25, 0.3) is 0 Å². The lowest BCUT2D eigenvalue weighted by Crippen LogP contribution is -2.17. The van der Waals surface area contributed by atoms with E-state index in [1.807, 2.05) is 25.3 Å². The number of ether oxygens (including phenoxy) is 1. The van der Waals surface area contributed by atoms with Gasteiger partial charge in [-0.25, -0.2) is 0 Å². The van der Waals surface area contributed by atoms with Crippen LogP contribution >= 0.6 is 15.9 Å². The summed E-state index contributed by atoms with van der Waals surface area (Å²) in [5.74, 6) is 0.356. The first-order valence-electron chi connectivity index (χ1n) is 8.52. The Morgan fingerprint density at radius 3 is 2.56 bits per heavy atom. The van der Waals surface area contributed by atoms with Crippen LogP contribution in [0.2, 0.25) is 0 Å². The number of aldehydes is 1. The molecule has 4 nitrogen and oxygen atoms in total. The van der Waals surface area contributed by atoms with Crippen LogP contribution in [-0.4, -0.2) is 43.7 Å². The molecule has 0 aliphatic heterocycles. The Morgan fingerprint density at radius 1 is 1.15 bits per heavy atom. The van der Waals surface area contributed by atoms with Gasteiger partial charge in [0, 0.05) is 34.3 Å². The number of carbonyl (C=O) groups is 2. The monoisotopic (exact) mass is 427 g/mol. The zero-order valence-electron chi connectivity index (χ0n) is 15.2. The van der Waals surface area contributed by atoms with Gasteiger partial charge >= 0.3 is 0 Å². The molecule has 0 saturated heterocycles. The van der Waals surface area contributed by atoms with Gasteiger partial charge in [-0.2, -0.15) is 0 Å². The Balaban J connectivity index is 2.02. The van der Waals surface area contributed by atoms with Crippen molar-refractivity contribution >= 4 is 28.0 Å². The van der Waals surface area contributed by atoms with Crippen LogP contribution in [0, 0.1) is 0 Å². The molecule has 2 aromatic carbocycles. The molecule has 0 aliphatic rings. The number of rotatable bonds is 10. The van der Waals surface area contributed by atoms with Crippen molar-refractivity contribution in [1.29, 1.82) is 0 Å². The van der Waals surface area contributed by atoms with E-state index in [1.54, 1.807) is 42.5 Å². The summed E-state index contributed by atoms with van der Waals surface area (Å²) >= 11 is 3.34. The lowest BCUT2D eigenvalue weighted by atomic mass is 9.99. The van der Waals surface area contributed by atoms with Gasteiger partial charge in [-0.3, -0.25) is 14.5 Å². The summed E-state index contributed by atoms with van der Waals surface area (Å²) in [4.78, 5) is 26.2. The summed E-state index contributed by atoms with van der Waals surface area (Å²) in [6.07, 6.45) is 6.46. The highest BCUT2D eigenvalue weighted by Crippen LogP contribution is 2.21. The van der Waals surface area contributed by atoms with Crippen LogP contribution in [0.4, 0.5) is 0 Å². The molecule has 0 heterocycles. The molecule has 0 fully saturated rings. The van der Waals surface area contributed by atoms with Gasteiger partial charge in [-0.1, -0.05) is 34.2 Å². The highest BCUT2D eigenvalue weighted by Gasteiger charge is 2.14. The zero-order valence-corrected chi connectivity index (χ0v) is 16.8. The summed E-state index contributed by atoms with van der Waals surface area (Å²) in [6, 6.07) is 12.0. The van der Waals surface area contributed by atoms with Crippen LogP contribution in [-0.2, 0) is 0 Å². The number of benzene rings is 2. The van der Waals surface area contributed by atoms with E-state index in [9.17, 15) is 9.59 Å². The summed E-state index contributed by atoms with van der Waals surface area (Å²) in [7, 11) is 2.00. The number of hydrogen-bond donors (Lipinski definition) is 0. The third-order valence-corrected chi connectivity index (χ3v) is 4.40. The third-order valence-electron chi connectivity index (χ3n) is 3.87. The number of nitrogens with zero attached hydrogens (tertiary/aromatic N) is 1. The molecule has 27 heavy (non-hydrogen) atoms. The first-order chi connectivity index (χ1) is 13.0. The van der Waals surface area contributed by atoms with Gasteiger partial charge < -0.3 is 4.74 Å². The number of halogens is 1. The number of carbonyl (C=O) groups excluding carboxylic acids is 2. The SMILES string of the molecule is C=CCN(C)CC=CCOc1ccc(C(=O)c2ccc(Br)cc2)c(C=O)c1. The van der Waals surface area contributed by atoms with Crippen LogP contribution in [0.25, 0.3) is 0 Å². The van der Waals surface area contributed by atoms with Crippen LogP contribution < -0.4 is 4.74 Å². The fourth-order valence-electron chi connectivity index (χ4n) is 2.45. The molecular formula is C22H22BrNO3. The maximum Gasteiger partial charge on any atom is 0.193 e. The van der Waals surface area contributed by atoms with Gasteiger partial charge in [0.2, 0.25) is 0 Å². The Bertz CT molecular complexity index is 828. The maximum absolute atomic E-state index is 12.6. The highest BCUT2D eigenvalue weighted by atomic mass is 79.9. The van der Waals surface area contributed by atoms with E-state index >= 15 is 0 Å². The number of likely N-dealkylation sites (N-methyl/N-ethyl adjacent to an activating group) is 1. The van der Waals surface area contributed by atoms with Crippen molar-refractivity contribution in [1.82, 2.24) is 4.90 Å². The van der Waals surface area contributed by atoms with Gasteiger partial charge in [-0.05, 0) is 49.5 Å². The van der Waals surface area contributed by atoms with Crippen molar-refractivity contribution in [2.45, 2.75) is 0 Å². The normalized spacial score (nSPS) is 10.9. The molecule has 0 spiro atoms. The van der Waals surface area contributed by atoms with Crippen LogP contribution in [0.5, 0.6) is 5.75 Å². The van der Waals surface area contributed by atoms with Crippen molar-refractivity contribution in [2.24, 2.45) is 0 Å². The molecule has 5 heteroatoms. The smallest absolute Gasteiger partial charge is 0.193 e. The Hall–Kier alpha value is -2.50. The molecule has 0 radical (unpaired) electrons. The average molecular weight is 428 g/mol. The van der Waals surface area contributed by atoms with E-state index in [0.29, 0.717) is 35.3 Å². The van der Waals surface area contributed by atoms with E-state index in [4.69, 9.17) is 4.74 Å². The predicted molar refractivity (Wildman–Crippen MR) is 112 cm³/mol. The van der Waals surface area contributed by atoms with Crippen molar-refractivity contribution < 1.29 is 14.3 Å². The Labute approximate surface area is 168 Å². The summed E-state index contributed by atoms with van der Waals surface area (Å²) in [5.41, 5.74) is 1.21.